The van der Waals surface area contributed by atoms with Gasteiger partial charge in [-0.15, -0.1) is 0 Å². The van der Waals surface area contributed by atoms with E-state index < -0.39 is 6.43 Å². The summed E-state index contributed by atoms with van der Waals surface area (Å²) in [6.07, 6.45) is -0.736. The van der Waals surface area contributed by atoms with E-state index >= 15 is 0 Å². The van der Waals surface area contributed by atoms with Gasteiger partial charge in [-0.2, -0.15) is 5.11 Å². The molecular formula is C12H14F2N2O. The van der Waals surface area contributed by atoms with Crippen LogP contribution in [0.3, 0.4) is 0 Å². The number of nitrogens with zero attached hydrogens (tertiary/aromatic N) is 1. The predicted octanol–water partition coefficient (Wildman–Crippen LogP) is 4.33. The highest BCUT2D eigenvalue weighted by Crippen LogP contribution is 2.20. The van der Waals surface area contributed by atoms with Crippen molar-refractivity contribution in [2.24, 2.45) is 5.11 Å². The van der Waals surface area contributed by atoms with E-state index in [1.807, 2.05) is 0 Å². The molecule has 3 nitrogen and oxygen atoms in total. The first-order chi connectivity index (χ1) is 8.02. The van der Waals surface area contributed by atoms with Gasteiger partial charge in [-0.3, -0.25) is 0 Å². The molecule has 0 fully saturated rings. The number of nitrogens with one attached hydrogen (secondary N) is 1. The summed E-state index contributed by atoms with van der Waals surface area (Å²) < 4.78 is 24.6. The van der Waals surface area contributed by atoms with Gasteiger partial charge in [0.1, 0.15) is 0 Å². The fourth-order valence-electron chi connectivity index (χ4n) is 1.34. The number of rotatable bonds is 5. The SMILES string of the molecule is CC(C/C(O)=C/c1ccc(C(F)F)cc1)N=N. The first-order valence-electron chi connectivity index (χ1n) is 5.17. The molecule has 0 heterocycles. The predicted molar refractivity (Wildman–Crippen MR) is 61.2 cm³/mol. The molecule has 1 rings (SSSR count). The van der Waals surface area contributed by atoms with Crippen LogP contribution < -0.4 is 0 Å². The smallest absolute Gasteiger partial charge is 0.263 e. The highest BCUT2D eigenvalue weighted by Gasteiger charge is 2.06. The van der Waals surface area contributed by atoms with E-state index in [0.717, 1.165) is 0 Å². The zero-order chi connectivity index (χ0) is 12.8. The van der Waals surface area contributed by atoms with Crippen LogP contribution >= 0.6 is 0 Å². The number of hydrogen-bond acceptors (Lipinski definition) is 3. The summed E-state index contributed by atoms with van der Waals surface area (Å²) in [5.41, 5.74) is 7.36. The number of hydrogen-bond donors (Lipinski definition) is 2. The number of halogens is 2. The Morgan fingerprint density at radius 2 is 2.00 bits per heavy atom. The molecule has 0 aliphatic heterocycles. The van der Waals surface area contributed by atoms with E-state index in [2.05, 4.69) is 5.11 Å². The molecule has 2 N–H and O–H groups in total. The average Bonchev–Trinajstić information content (AvgIpc) is 2.29. The minimum absolute atomic E-state index is 0.0452. The summed E-state index contributed by atoms with van der Waals surface area (Å²) >= 11 is 0. The van der Waals surface area contributed by atoms with Crippen LogP contribution in [0, 0.1) is 5.53 Å². The quantitative estimate of drug-likeness (QED) is 0.584. The lowest BCUT2D eigenvalue weighted by Crippen LogP contribution is -1.98. The van der Waals surface area contributed by atoms with E-state index in [1.54, 1.807) is 6.92 Å². The molecule has 0 bridgehead atoms. The second kappa shape index (κ2) is 6.08. The van der Waals surface area contributed by atoms with Gasteiger partial charge in [0.15, 0.2) is 0 Å². The average molecular weight is 240 g/mol. The summed E-state index contributed by atoms with van der Waals surface area (Å²) in [6.45, 7) is 1.71. The molecule has 1 unspecified atom stereocenters. The van der Waals surface area contributed by atoms with E-state index in [1.165, 1.54) is 30.3 Å². The summed E-state index contributed by atoms with van der Waals surface area (Å²) in [7, 11) is 0. The lowest BCUT2D eigenvalue weighted by molar-refractivity contribution is 0.151. The molecule has 1 aromatic carbocycles. The Kier molecular flexibility index (Phi) is 4.75. The van der Waals surface area contributed by atoms with Gasteiger partial charge in [0.25, 0.3) is 6.43 Å². The highest BCUT2D eigenvalue weighted by molar-refractivity contribution is 5.51. The van der Waals surface area contributed by atoms with Gasteiger partial charge < -0.3 is 5.11 Å². The van der Waals surface area contributed by atoms with Crippen molar-refractivity contribution in [1.29, 1.82) is 5.53 Å². The molecule has 0 aliphatic carbocycles. The Morgan fingerprint density at radius 1 is 1.41 bits per heavy atom. The van der Waals surface area contributed by atoms with Crippen LogP contribution in [0.1, 0.15) is 30.9 Å². The minimum Gasteiger partial charge on any atom is -0.512 e. The molecular weight excluding hydrogens is 226 g/mol. The first-order valence-corrected chi connectivity index (χ1v) is 5.17. The van der Waals surface area contributed by atoms with Gasteiger partial charge in [0.2, 0.25) is 0 Å². The van der Waals surface area contributed by atoms with Gasteiger partial charge in [-0.25, -0.2) is 14.3 Å². The van der Waals surface area contributed by atoms with E-state index in [4.69, 9.17) is 5.53 Å². The summed E-state index contributed by atoms with van der Waals surface area (Å²) in [5, 5.41) is 12.8. The van der Waals surface area contributed by atoms with Crippen molar-refractivity contribution in [3.8, 4) is 0 Å². The lowest BCUT2D eigenvalue weighted by Gasteiger charge is -2.04. The highest BCUT2D eigenvalue weighted by atomic mass is 19.3. The van der Waals surface area contributed by atoms with Crippen molar-refractivity contribution in [2.75, 3.05) is 0 Å². The summed E-state index contributed by atoms with van der Waals surface area (Å²) in [6, 6.07) is 5.39. The molecule has 1 atom stereocenters. The Labute approximate surface area is 98.3 Å². The van der Waals surface area contributed by atoms with Gasteiger partial charge in [0, 0.05) is 12.0 Å². The van der Waals surface area contributed by atoms with E-state index in [9.17, 15) is 13.9 Å². The van der Waals surface area contributed by atoms with Gasteiger partial charge in [-0.05, 0) is 18.6 Å². The molecule has 0 spiro atoms. The zero-order valence-corrected chi connectivity index (χ0v) is 9.40. The fourth-order valence-corrected chi connectivity index (χ4v) is 1.34. The fraction of sp³-hybridized carbons (Fsp3) is 0.333. The second-order valence-electron chi connectivity index (χ2n) is 3.79. The Balaban J connectivity index is 2.73. The number of aliphatic hydroxyl groups excluding tert-OH is 1. The summed E-state index contributed by atoms with van der Waals surface area (Å²) in [5.74, 6) is 0.0818. The Bertz CT molecular complexity index is 401. The number of alkyl halides is 2. The molecule has 0 amide bonds. The van der Waals surface area contributed by atoms with Crippen molar-refractivity contribution in [1.82, 2.24) is 0 Å². The van der Waals surface area contributed by atoms with Crippen LogP contribution in [0.2, 0.25) is 0 Å². The maximum atomic E-state index is 12.3. The third-order valence-corrected chi connectivity index (χ3v) is 2.25. The molecule has 5 heteroatoms. The molecule has 0 aromatic heterocycles. The third-order valence-electron chi connectivity index (χ3n) is 2.25. The van der Waals surface area contributed by atoms with Crippen LogP contribution in [-0.2, 0) is 0 Å². The van der Waals surface area contributed by atoms with Crippen molar-refractivity contribution in [3.05, 3.63) is 41.2 Å². The van der Waals surface area contributed by atoms with Crippen molar-refractivity contribution < 1.29 is 13.9 Å². The lowest BCUT2D eigenvalue weighted by atomic mass is 10.1. The van der Waals surface area contributed by atoms with Crippen LogP contribution in [0.25, 0.3) is 6.08 Å². The first kappa shape index (κ1) is 13.3. The molecule has 1 aromatic rings. The minimum atomic E-state index is -2.48. The van der Waals surface area contributed by atoms with E-state index in [0.29, 0.717) is 5.56 Å². The van der Waals surface area contributed by atoms with Gasteiger partial charge in [-0.1, -0.05) is 24.3 Å². The number of benzene rings is 1. The van der Waals surface area contributed by atoms with Gasteiger partial charge >= 0.3 is 0 Å². The largest absolute Gasteiger partial charge is 0.512 e. The molecule has 0 saturated heterocycles. The summed E-state index contributed by atoms with van der Waals surface area (Å²) in [4.78, 5) is 0. The van der Waals surface area contributed by atoms with E-state index in [-0.39, 0.29) is 23.8 Å². The maximum absolute atomic E-state index is 12.3. The van der Waals surface area contributed by atoms with Crippen LogP contribution in [-0.4, -0.2) is 11.1 Å². The van der Waals surface area contributed by atoms with Crippen LogP contribution in [0.4, 0.5) is 8.78 Å². The number of aliphatic hydroxyl groups is 1. The second-order valence-corrected chi connectivity index (χ2v) is 3.79. The normalized spacial score (nSPS) is 13.8. The molecule has 17 heavy (non-hydrogen) atoms. The Morgan fingerprint density at radius 3 is 2.47 bits per heavy atom. The third kappa shape index (κ3) is 4.30. The van der Waals surface area contributed by atoms with Crippen molar-refractivity contribution >= 4 is 6.08 Å². The molecule has 92 valence electrons. The monoisotopic (exact) mass is 240 g/mol. The maximum Gasteiger partial charge on any atom is 0.263 e. The van der Waals surface area contributed by atoms with Crippen LogP contribution in [0.15, 0.2) is 35.1 Å². The topological polar surface area (TPSA) is 56.4 Å². The Hall–Kier alpha value is -1.78. The molecule has 0 radical (unpaired) electrons. The van der Waals surface area contributed by atoms with Gasteiger partial charge in [0.05, 0.1) is 11.8 Å². The zero-order valence-electron chi connectivity index (χ0n) is 9.40. The van der Waals surface area contributed by atoms with Crippen molar-refractivity contribution in [2.45, 2.75) is 25.8 Å². The standard InChI is InChI=1S/C12H14F2N2O/c1-8(16-15)6-11(17)7-9-2-4-10(5-3-9)12(13)14/h2-5,7-8,12,15,17H,6H2,1H3/b11-7-,16-15?. The molecule has 0 saturated carbocycles. The van der Waals surface area contributed by atoms with Crippen molar-refractivity contribution in [3.63, 3.8) is 0 Å². The van der Waals surface area contributed by atoms with Crippen LogP contribution in [0.5, 0.6) is 0 Å². The molecule has 0 aliphatic rings.